The molecule has 0 saturated carbocycles. The van der Waals surface area contributed by atoms with Crippen LogP contribution in [0.15, 0.2) is 0 Å². The fourth-order valence-electron chi connectivity index (χ4n) is 2.39. The molecule has 0 spiro atoms. The van der Waals surface area contributed by atoms with E-state index in [1.807, 2.05) is 0 Å². The molecule has 21 heavy (non-hydrogen) atoms. The minimum atomic E-state index is 0.217. The van der Waals surface area contributed by atoms with Gasteiger partial charge in [0.15, 0.2) is 0 Å². The summed E-state index contributed by atoms with van der Waals surface area (Å²) in [7, 11) is 0. The Kier molecular flexibility index (Phi) is 11.7. The highest BCUT2D eigenvalue weighted by Crippen LogP contribution is 2.13. The molecule has 0 aliphatic carbocycles. The van der Waals surface area contributed by atoms with Gasteiger partial charge in [-0.25, -0.2) is 0 Å². The molecule has 0 aromatic heterocycles. The molecule has 5 nitrogen and oxygen atoms in total. The Labute approximate surface area is 128 Å². The van der Waals surface area contributed by atoms with Crippen LogP contribution >= 0.6 is 0 Å². The number of likely N-dealkylation sites (tertiary alicyclic amines) is 1. The first-order valence-corrected chi connectivity index (χ1v) is 8.27. The molecule has 1 heterocycles. The second-order valence-corrected chi connectivity index (χ2v) is 5.53. The summed E-state index contributed by atoms with van der Waals surface area (Å²) in [5.41, 5.74) is 0. The third-order valence-electron chi connectivity index (χ3n) is 3.67. The number of nitrogens with zero attached hydrogens (tertiary/aromatic N) is 1. The number of aldehydes is 1. The van der Waals surface area contributed by atoms with Crippen LogP contribution in [0.25, 0.3) is 0 Å². The predicted molar refractivity (Wildman–Crippen MR) is 82.6 cm³/mol. The number of hydrogen-bond acceptors (Lipinski definition) is 5. The Morgan fingerprint density at radius 1 is 1.05 bits per heavy atom. The van der Waals surface area contributed by atoms with Crippen LogP contribution in [0.4, 0.5) is 0 Å². The largest absolute Gasteiger partial charge is 0.379 e. The predicted octanol–water partition coefficient (Wildman–Crippen LogP) is 1.75. The Morgan fingerprint density at radius 2 is 1.71 bits per heavy atom. The fourth-order valence-corrected chi connectivity index (χ4v) is 2.39. The third-order valence-corrected chi connectivity index (χ3v) is 3.67. The lowest BCUT2D eigenvalue weighted by Gasteiger charge is -2.29. The second kappa shape index (κ2) is 13.2. The van der Waals surface area contributed by atoms with E-state index < -0.39 is 0 Å². The van der Waals surface area contributed by atoms with E-state index >= 15 is 0 Å². The van der Waals surface area contributed by atoms with Crippen molar-refractivity contribution < 1.29 is 19.0 Å². The quantitative estimate of drug-likeness (QED) is 0.383. The molecule has 1 aliphatic rings. The van der Waals surface area contributed by atoms with Crippen molar-refractivity contribution >= 4 is 6.29 Å². The zero-order valence-corrected chi connectivity index (χ0v) is 13.4. The summed E-state index contributed by atoms with van der Waals surface area (Å²) in [6, 6.07) is 0. The van der Waals surface area contributed by atoms with Crippen molar-refractivity contribution in [3.63, 3.8) is 0 Å². The van der Waals surface area contributed by atoms with Gasteiger partial charge in [0.25, 0.3) is 0 Å². The van der Waals surface area contributed by atoms with E-state index in [4.69, 9.17) is 14.2 Å². The lowest BCUT2D eigenvalue weighted by atomic mass is 10.00. The number of carbonyl (C=O) groups is 1. The maximum absolute atomic E-state index is 10.8. The zero-order valence-electron chi connectivity index (χ0n) is 13.4. The first-order chi connectivity index (χ1) is 10.4. The summed E-state index contributed by atoms with van der Waals surface area (Å²) in [4.78, 5) is 13.1. The van der Waals surface area contributed by atoms with Gasteiger partial charge in [-0.05, 0) is 25.8 Å². The zero-order chi connectivity index (χ0) is 15.2. The molecule has 1 unspecified atom stereocenters. The van der Waals surface area contributed by atoms with Crippen LogP contribution < -0.4 is 0 Å². The Bertz CT molecular complexity index is 250. The van der Waals surface area contributed by atoms with Crippen LogP contribution in [-0.2, 0) is 19.0 Å². The van der Waals surface area contributed by atoms with Crippen LogP contribution in [0, 0.1) is 5.92 Å². The summed E-state index contributed by atoms with van der Waals surface area (Å²) in [6.45, 7) is 9.12. The molecule has 0 amide bonds. The van der Waals surface area contributed by atoms with Crippen molar-refractivity contribution in [2.45, 2.75) is 32.6 Å². The van der Waals surface area contributed by atoms with E-state index in [-0.39, 0.29) is 5.92 Å². The maximum Gasteiger partial charge on any atom is 0.124 e. The molecule has 124 valence electrons. The number of ether oxygens (including phenoxy) is 3. The molecule has 1 aliphatic heterocycles. The summed E-state index contributed by atoms with van der Waals surface area (Å²) in [5.74, 6) is 0.217. The SMILES string of the molecule is CCCCOCCOCCOCCN1CCCC(C=O)C1. The Hall–Kier alpha value is -0.490. The normalized spacial score (nSPS) is 19.8. The minimum Gasteiger partial charge on any atom is -0.379 e. The summed E-state index contributed by atoms with van der Waals surface area (Å²) >= 11 is 0. The molecule has 1 saturated heterocycles. The van der Waals surface area contributed by atoms with Crippen molar-refractivity contribution in [2.24, 2.45) is 5.92 Å². The van der Waals surface area contributed by atoms with Gasteiger partial charge in [-0.15, -0.1) is 0 Å². The summed E-state index contributed by atoms with van der Waals surface area (Å²) in [5, 5.41) is 0. The van der Waals surface area contributed by atoms with Gasteiger partial charge in [-0.1, -0.05) is 13.3 Å². The summed E-state index contributed by atoms with van der Waals surface area (Å²) < 4.78 is 16.4. The van der Waals surface area contributed by atoms with Crippen molar-refractivity contribution in [2.75, 3.05) is 59.3 Å². The lowest BCUT2D eigenvalue weighted by Crippen LogP contribution is -2.38. The van der Waals surface area contributed by atoms with E-state index in [9.17, 15) is 4.79 Å². The van der Waals surface area contributed by atoms with Gasteiger partial charge in [-0.2, -0.15) is 0 Å². The number of unbranched alkanes of at least 4 members (excludes halogenated alkanes) is 1. The highest BCUT2D eigenvalue weighted by atomic mass is 16.5. The van der Waals surface area contributed by atoms with Gasteiger partial charge in [0.1, 0.15) is 6.29 Å². The average molecular weight is 301 g/mol. The maximum atomic E-state index is 10.8. The molecule has 5 heteroatoms. The molecule has 1 atom stereocenters. The minimum absolute atomic E-state index is 0.217. The van der Waals surface area contributed by atoms with Crippen molar-refractivity contribution in [3.8, 4) is 0 Å². The molecule has 0 aromatic carbocycles. The molecule has 0 N–H and O–H groups in total. The number of hydrogen-bond donors (Lipinski definition) is 0. The first-order valence-electron chi connectivity index (χ1n) is 8.27. The van der Waals surface area contributed by atoms with Gasteiger partial charge in [0, 0.05) is 25.6 Å². The van der Waals surface area contributed by atoms with Crippen LogP contribution in [0.3, 0.4) is 0 Å². The molecule has 0 bridgehead atoms. The van der Waals surface area contributed by atoms with Gasteiger partial charge in [-0.3, -0.25) is 0 Å². The van der Waals surface area contributed by atoms with E-state index in [0.29, 0.717) is 33.0 Å². The van der Waals surface area contributed by atoms with Crippen LogP contribution in [0.5, 0.6) is 0 Å². The van der Waals surface area contributed by atoms with Crippen LogP contribution in [0.1, 0.15) is 32.6 Å². The van der Waals surface area contributed by atoms with Gasteiger partial charge in [0.2, 0.25) is 0 Å². The standard InChI is InChI=1S/C16H31NO4/c1-2-3-8-19-10-12-21-13-11-20-9-7-17-6-4-5-16(14-17)15-18/h15-16H,2-14H2,1H3. The van der Waals surface area contributed by atoms with Crippen molar-refractivity contribution in [1.82, 2.24) is 4.90 Å². The van der Waals surface area contributed by atoms with Crippen LogP contribution in [0.2, 0.25) is 0 Å². The average Bonchev–Trinajstić information content (AvgIpc) is 2.53. The van der Waals surface area contributed by atoms with E-state index in [0.717, 1.165) is 51.8 Å². The molecular weight excluding hydrogens is 270 g/mol. The van der Waals surface area contributed by atoms with Gasteiger partial charge in [0.05, 0.1) is 33.0 Å². The van der Waals surface area contributed by atoms with E-state index in [2.05, 4.69) is 11.8 Å². The topological polar surface area (TPSA) is 48.0 Å². The molecule has 1 fully saturated rings. The van der Waals surface area contributed by atoms with E-state index in [1.165, 1.54) is 6.42 Å². The monoisotopic (exact) mass is 301 g/mol. The van der Waals surface area contributed by atoms with Crippen LogP contribution in [-0.4, -0.2) is 70.5 Å². The summed E-state index contributed by atoms with van der Waals surface area (Å²) in [6.07, 6.45) is 5.52. The number of piperidine rings is 1. The lowest BCUT2D eigenvalue weighted by molar-refractivity contribution is -0.112. The van der Waals surface area contributed by atoms with Crippen molar-refractivity contribution in [1.29, 1.82) is 0 Å². The molecular formula is C16H31NO4. The Morgan fingerprint density at radius 3 is 2.38 bits per heavy atom. The number of carbonyl (C=O) groups excluding carboxylic acids is 1. The fraction of sp³-hybridized carbons (Fsp3) is 0.938. The number of rotatable bonds is 13. The van der Waals surface area contributed by atoms with Gasteiger partial charge < -0.3 is 23.9 Å². The third kappa shape index (κ3) is 9.96. The molecule has 1 rings (SSSR count). The van der Waals surface area contributed by atoms with E-state index in [1.54, 1.807) is 0 Å². The van der Waals surface area contributed by atoms with Crippen molar-refractivity contribution in [3.05, 3.63) is 0 Å². The molecule has 0 radical (unpaired) electrons. The Balaban J connectivity index is 1.81. The molecule has 0 aromatic rings. The first kappa shape index (κ1) is 18.6. The highest BCUT2D eigenvalue weighted by molar-refractivity contribution is 5.53. The highest BCUT2D eigenvalue weighted by Gasteiger charge is 2.18. The van der Waals surface area contributed by atoms with Gasteiger partial charge >= 0.3 is 0 Å². The smallest absolute Gasteiger partial charge is 0.124 e. The second-order valence-electron chi connectivity index (χ2n) is 5.53.